The van der Waals surface area contributed by atoms with Gasteiger partial charge >= 0.3 is 0 Å². The van der Waals surface area contributed by atoms with Crippen molar-refractivity contribution in [1.82, 2.24) is 0 Å². The van der Waals surface area contributed by atoms with Crippen LogP contribution in [-0.4, -0.2) is 0 Å². The Bertz CT molecular complexity index is 961. The number of halogens is 2. The van der Waals surface area contributed by atoms with Crippen molar-refractivity contribution >= 4 is 11.8 Å². The fraction of sp³-hybridized carbons (Fsp3) is 0.346. The number of hydrogen-bond donors (Lipinski definition) is 0. The maximum atomic E-state index is 13.9. The van der Waals surface area contributed by atoms with Crippen LogP contribution in [0.5, 0.6) is 0 Å². The van der Waals surface area contributed by atoms with Crippen molar-refractivity contribution in [2.24, 2.45) is 5.92 Å². The number of nitrogens with zero attached hydrogens (tertiary/aromatic N) is 1. The van der Waals surface area contributed by atoms with E-state index in [1.807, 2.05) is 12.1 Å². The summed E-state index contributed by atoms with van der Waals surface area (Å²) < 4.78 is 27.8. The predicted octanol–water partition coefficient (Wildman–Crippen LogP) is 7.57. The molecule has 0 bridgehead atoms. The monoisotopic (exact) mass is 421 g/mol. The van der Waals surface area contributed by atoms with Gasteiger partial charge in [-0.3, -0.25) is 0 Å². The van der Waals surface area contributed by atoms with Crippen molar-refractivity contribution in [3.63, 3.8) is 0 Å². The van der Waals surface area contributed by atoms with Crippen molar-refractivity contribution < 1.29 is 8.78 Å². The molecule has 0 aliphatic heterocycles. The van der Waals surface area contributed by atoms with Crippen LogP contribution in [0.3, 0.4) is 0 Å². The third-order valence-electron chi connectivity index (χ3n) is 5.51. The summed E-state index contributed by atoms with van der Waals surface area (Å²) in [5.41, 5.74) is 2.41. The first-order chi connectivity index (χ1) is 14.6. The number of benzene rings is 2. The normalized spacial score (nSPS) is 18.6. The summed E-state index contributed by atoms with van der Waals surface area (Å²) in [5.74, 6) is 5.57. The zero-order valence-electron chi connectivity index (χ0n) is 17.1. The minimum atomic E-state index is -0.763. The second-order valence-electron chi connectivity index (χ2n) is 7.66. The summed E-state index contributed by atoms with van der Waals surface area (Å²) in [5, 5.41) is 10.3. The van der Waals surface area contributed by atoms with Crippen LogP contribution in [0.15, 0.2) is 53.4 Å². The second kappa shape index (κ2) is 11.0. The predicted molar refractivity (Wildman–Crippen MR) is 119 cm³/mol. The van der Waals surface area contributed by atoms with Crippen LogP contribution in [0.25, 0.3) is 0 Å². The summed E-state index contributed by atoms with van der Waals surface area (Å²) in [6.45, 7) is 2.21. The number of thiocyanates is 1. The van der Waals surface area contributed by atoms with Gasteiger partial charge in [0.1, 0.15) is 17.0 Å². The quantitative estimate of drug-likeness (QED) is 0.215. The van der Waals surface area contributed by atoms with Crippen molar-refractivity contribution in [2.75, 3.05) is 0 Å². The Balaban J connectivity index is 1.62. The fourth-order valence-corrected chi connectivity index (χ4v) is 4.26. The third-order valence-corrected chi connectivity index (χ3v) is 6.20. The Hall–Kier alpha value is -2.56. The first-order valence-electron chi connectivity index (χ1n) is 10.4. The maximum absolute atomic E-state index is 13.9. The van der Waals surface area contributed by atoms with E-state index in [0.717, 1.165) is 23.6 Å². The van der Waals surface area contributed by atoms with Gasteiger partial charge < -0.3 is 0 Å². The van der Waals surface area contributed by atoms with E-state index in [2.05, 4.69) is 43.0 Å². The van der Waals surface area contributed by atoms with Crippen molar-refractivity contribution in [3.05, 3.63) is 76.9 Å². The summed E-state index contributed by atoms with van der Waals surface area (Å²) in [6.07, 6.45) is 12.0. The Morgan fingerprint density at radius 2 is 1.63 bits per heavy atom. The lowest BCUT2D eigenvalue weighted by Crippen LogP contribution is -2.11. The molecule has 0 N–H and O–H groups in total. The van der Waals surface area contributed by atoms with Gasteiger partial charge in [-0.25, -0.2) is 8.78 Å². The summed E-state index contributed by atoms with van der Waals surface area (Å²) in [4.78, 5) is -0.289. The number of thioether (sulfide) groups is 1. The van der Waals surface area contributed by atoms with Gasteiger partial charge in [-0.15, -0.1) is 0 Å². The summed E-state index contributed by atoms with van der Waals surface area (Å²) in [7, 11) is 0. The molecule has 1 aliphatic carbocycles. The minimum Gasteiger partial charge on any atom is -0.206 e. The average molecular weight is 422 g/mol. The summed E-state index contributed by atoms with van der Waals surface area (Å²) in [6, 6.07) is 10.5. The van der Waals surface area contributed by atoms with Gasteiger partial charge in [-0.2, -0.15) is 5.26 Å². The first kappa shape index (κ1) is 22.1. The highest BCUT2D eigenvalue weighted by atomic mass is 32.2. The van der Waals surface area contributed by atoms with Gasteiger partial charge in [0.2, 0.25) is 0 Å². The number of unbranched alkanes of at least 4 members (excludes halogenated alkanes) is 1. The molecular weight excluding hydrogens is 396 g/mol. The molecule has 0 heterocycles. The molecule has 4 heteroatoms. The van der Waals surface area contributed by atoms with E-state index in [0.29, 0.717) is 17.7 Å². The Labute approximate surface area is 182 Å². The van der Waals surface area contributed by atoms with Gasteiger partial charge in [0, 0.05) is 11.1 Å². The highest BCUT2D eigenvalue weighted by Gasteiger charge is 2.20. The molecule has 0 saturated heterocycles. The number of hydrogen-bond acceptors (Lipinski definition) is 2. The Kier molecular flexibility index (Phi) is 8.12. The first-order valence-corrected chi connectivity index (χ1v) is 11.3. The number of allylic oxidation sites excluding steroid dienone is 2. The lowest BCUT2D eigenvalue weighted by molar-refractivity contribution is 0.375. The molecule has 0 atom stereocenters. The standard InChI is InChI=1S/C26H25F2NS/c1-2-3-4-5-19-8-12-22(13-9-19)23-14-10-20(11-15-23)6-7-21-16-24(27)26(30-18-29)25(28)17-21/h4-5,10-11,14-17,19,22H,2-3,8-9,12-13H2,1H3/b5-4+. The van der Waals surface area contributed by atoms with Crippen molar-refractivity contribution in [2.45, 2.75) is 56.3 Å². The number of nitriles is 1. The highest BCUT2D eigenvalue weighted by molar-refractivity contribution is 8.03. The highest BCUT2D eigenvalue weighted by Crippen LogP contribution is 2.36. The molecular formula is C26H25F2NS. The summed E-state index contributed by atoms with van der Waals surface area (Å²) >= 11 is 0.475. The van der Waals surface area contributed by atoms with E-state index >= 15 is 0 Å². The van der Waals surface area contributed by atoms with Gasteiger partial charge in [0.15, 0.2) is 0 Å². The van der Waals surface area contributed by atoms with Crippen LogP contribution < -0.4 is 0 Å². The molecule has 1 aliphatic rings. The van der Waals surface area contributed by atoms with Gasteiger partial charge in [-0.05, 0) is 85.5 Å². The molecule has 0 amide bonds. The smallest absolute Gasteiger partial charge is 0.142 e. The molecule has 30 heavy (non-hydrogen) atoms. The molecule has 154 valence electrons. The molecule has 0 unspecified atom stereocenters. The molecule has 2 aromatic rings. The van der Waals surface area contributed by atoms with Crippen molar-refractivity contribution in [3.8, 4) is 17.2 Å². The lowest BCUT2D eigenvalue weighted by Gasteiger charge is -2.27. The Morgan fingerprint density at radius 3 is 2.23 bits per heavy atom. The van der Waals surface area contributed by atoms with Crippen LogP contribution in [0.4, 0.5) is 8.78 Å². The molecule has 2 aromatic carbocycles. The minimum absolute atomic E-state index is 0.255. The number of rotatable bonds is 5. The van der Waals surface area contributed by atoms with E-state index in [-0.39, 0.29) is 10.5 Å². The van der Waals surface area contributed by atoms with Crippen molar-refractivity contribution in [1.29, 1.82) is 5.26 Å². The zero-order valence-corrected chi connectivity index (χ0v) is 17.9. The molecule has 0 radical (unpaired) electrons. The maximum Gasteiger partial charge on any atom is 0.142 e. The van der Waals surface area contributed by atoms with Gasteiger partial charge in [0.25, 0.3) is 0 Å². The SMILES string of the molecule is CCC/C=C/C1CCC(c2ccc(C#Cc3cc(F)c(SC#N)c(F)c3)cc2)CC1. The van der Waals surface area contributed by atoms with Gasteiger partial charge in [0.05, 0.1) is 4.90 Å². The van der Waals surface area contributed by atoms with E-state index in [1.54, 1.807) is 5.40 Å². The lowest BCUT2D eigenvalue weighted by atomic mass is 9.78. The second-order valence-corrected chi connectivity index (χ2v) is 8.46. The molecule has 1 saturated carbocycles. The van der Waals surface area contributed by atoms with Crippen LogP contribution in [-0.2, 0) is 0 Å². The van der Waals surface area contributed by atoms with E-state index in [4.69, 9.17) is 5.26 Å². The van der Waals surface area contributed by atoms with E-state index in [9.17, 15) is 8.78 Å². The topological polar surface area (TPSA) is 23.8 Å². The van der Waals surface area contributed by atoms with Gasteiger partial charge in [-0.1, -0.05) is 49.5 Å². The largest absolute Gasteiger partial charge is 0.206 e. The molecule has 1 nitrogen and oxygen atoms in total. The van der Waals surface area contributed by atoms with E-state index < -0.39 is 11.6 Å². The molecule has 0 spiro atoms. The average Bonchev–Trinajstić information content (AvgIpc) is 2.76. The van der Waals surface area contributed by atoms with Crippen LogP contribution >= 0.6 is 11.8 Å². The molecule has 3 rings (SSSR count). The Morgan fingerprint density at radius 1 is 1.00 bits per heavy atom. The zero-order chi connectivity index (χ0) is 21.3. The molecule has 1 fully saturated rings. The molecule has 0 aromatic heterocycles. The van der Waals surface area contributed by atoms with Crippen LogP contribution in [0.1, 0.15) is 68.1 Å². The third kappa shape index (κ3) is 5.97. The fourth-order valence-electron chi connectivity index (χ4n) is 3.86. The van der Waals surface area contributed by atoms with E-state index in [1.165, 1.54) is 44.1 Å². The van der Waals surface area contributed by atoms with Crippen LogP contribution in [0.2, 0.25) is 0 Å². The van der Waals surface area contributed by atoms with Crippen LogP contribution in [0, 0.1) is 40.1 Å².